The lowest BCUT2D eigenvalue weighted by Gasteiger charge is -2.44. The van der Waals surface area contributed by atoms with E-state index >= 15 is 0 Å². The van der Waals surface area contributed by atoms with E-state index in [0.29, 0.717) is 0 Å². The minimum absolute atomic E-state index is 0.278. The summed E-state index contributed by atoms with van der Waals surface area (Å²) in [6, 6.07) is 0. The Morgan fingerprint density at radius 1 is 0.466 bits per heavy atom. The molecule has 32 heteroatoms. The van der Waals surface area contributed by atoms with Crippen molar-refractivity contribution in [3.63, 3.8) is 0 Å². The molecule has 0 aliphatic rings. The Balaban J connectivity index is 6.73. The SMILES string of the molecule is CC(F)C(F)(F)C(F)(F)C(F)(F)C(F)(F)C(F)(F)C(F)(F)C(F)(F)C(F)(F)C(F)(F)C(F)(F)OC(=O)C=CC(=O)OC[Si](O[Si](C)(C)C)(O[Si](C)(C)C)O[Si](C)(C)C. The molecule has 58 heavy (non-hydrogen) atoms. The number of ether oxygens (including phenoxy) is 2. The molecule has 1 unspecified atom stereocenters. The smallest absolute Gasteiger partial charge is 0.458 e. The second kappa shape index (κ2) is 16.3. The minimum Gasteiger partial charge on any atom is -0.458 e. The van der Waals surface area contributed by atoms with Crippen LogP contribution >= 0.6 is 0 Å². The van der Waals surface area contributed by atoms with Crippen LogP contribution in [0.15, 0.2) is 12.2 Å². The van der Waals surface area contributed by atoms with E-state index in [2.05, 4.69) is 4.74 Å². The Hall–Kier alpha value is -2.04. The fourth-order valence-corrected chi connectivity index (χ4v) is 17.8. The molecule has 0 amide bonds. The van der Waals surface area contributed by atoms with Gasteiger partial charge in [0.15, 0.2) is 37.4 Å². The van der Waals surface area contributed by atoms with Crippen LogP contribution < -0.4 is 0 Å². The van der Waals surface area contributed by atoms with Gasteiger partial charge < -0.3 is 21.8 Å². The molecule has 0 aliphatic heterocycles. The number of esters is 2. The zero-order valence-electron chi connectivity index (χ0n) is 31.2. The Kier molecular flexibility index (Phi) is 15.8. The molecule has 0 N–H and O–H groups in total. The molecule has 0 aliphatic carbocycles. The molecule has 0 spiro atoms. The Morgan fingerprint density at radius 3 is 1.00 bits per heavy atom. The first kappa shape index (κ1) is 56.0. The van der Waals surface area contributed by atoms with E-state index in [-0.39, 0.29) is 6.08 Å². The van der Waals surface area contributed by atoms with Crippen molar-refractivity contribution in [2.45, 2.75) is 131 Å². The average molecular weight is 971 g/mol. The first-order valence-electron chi connectivity index (χ1n) is 15.4. The number of carbonyl (C=O) groups is 2. The lowest BCUT2D eigenvalue weighted by molar-refractivity contribution is -0.479. The fourth-order valence-electron chi connectivity index (χ4n) is 3.94. The van der Waals surface area contributed by atoms with Crippen molar-refractivity contribution in [1.82, 2.24) is 0 Å². The van der Waals surface area contributed by atoms with Crippen LogP contribution in [0.5, 0.6) is 0 Å². The third-order valence-electron chi connectivity index (χ3n) is 6.40. The van der Waals surface area contributed by atoms with E-state index in [9.17, 15) is 102 Å². The molecule has 0 aromatic carbocycles. The normalized spacial score (nSPS) is 16.5. The highest BCUT2D eigenvalue weighted by molar-refractivity contribution is 6.90. The van der Waals surface area contributed by atoms with E-state index in [1.54, 1.807) is 58.9 Å². The van der Waals surface area contributed by atoms with Crippen LogP contribution in [-0.2, 0) is 31.4 Å². The summed E-state index contributed by atoms with van der Waals surface area (Å²) in [5.74, 6) is -83.9. The second-order valence-electron chi connectivity index (χ2n) is 15.0. The molecular weight excluding hydrogens is 936 g/mol. The molecule has 344 valence electrons. The molecule has 0 aromatic rings. The highest BCUT2D eigenvalue weighted by atomic mass is 28.5. The van der Waals surface area contributed by atoms with Crippen molar-refractivity contribution in [1.29, 1.82) is 0 Å². The van der Waals surface area contributed by atoms with Crippen molar-refractivity contribution in [2.24, 2.45) is 0 Å². The molecular formula is C26H35F21O7Si4. The van der Waals surface area contributed by atoms with Crippen LogP contribution in [0, 0.1) is 0 Å². The van der Waals surface area contributed by atoms with Gasteiger partial charge in [-0.05, 0) is 65.8 Å². The van der Waals surface area contributed by atoms with Gasteiger partial charge in [0.2, 0.25) is 0 Å². The molecule has 7 nitrogen and oxygen atoms in total. The summed E-state index contributed by atoms with van der Waals surface area (Å²) in [4.78, 5) is 24.0. The van der Waals surface area contributed by atoms with Crippen molar-refractivity contribution in [3.05, 3.63) is 12.2 Å². The van der Waals surface area contributed by atoms with E-state index in [0.717, 1.165) is 0 Å². The van der Waals surface area contributed by atoms with Gasteiger partial charge in [-0.15, -0.1) is 0 Å². The van der Waals surface area contributed by atoms with Crippen LogP contribution in [0.4, 0.5) is 92.2 Å². The maximum absolute atomic E-state index is 14.2. The number of carbonyl (C=O) groups excluding carboxylic acids is 2. The number of rotatable bonds is 21. The van der Waals surface area contributed by atoms with Gasteiger partial charge in [0, 0.05) is 12.2 Å². The van der Waals surface area contributed by atoms with E-state index < -0.39 is 131 Å². The zero-order valence-corrected chi connectivity index (χ0v) is 35.2. The molecule has 0 radical (unpaired) electrons. The van der Waals surface area contributed by atoms with Gasteiger partial charge >= 0.3 is 80.2 Å². The number of alkyl halides is 21. The van der Waals surface area contributed by atoms with E-state index in [4.69, 9.17) is 17.1 Å². The van der Waals surface area contributed by atoms with Gasteiger partial charge in [-0.3, -0.25) is 0 Å². The molecule has 0 saturated carbocycles. The third-order valence-corrected chi connectivity index (χ3v) is 18.0. The highest BCUT2D eigenvalue weighted by Crippen LogP contribution is 2.66. The average Bonchev–Trinajstić information content (AvgIpc) is 2.95. The van der Waals surface area contributed by atoms with Crippen LogP contribution in [0.3, 0.4) is 0 Å². The van der Waals surface area contributed by atoms with Gasteiger partial charge in [0.05, 0.1) is 0 Å². The topological polar surface area (TPSA) is 80.3 Å². The van der Waals surface area contributed by atoms with E-state index in [1.807, 2.05) is 0 Å². The lowest BCUT2D eigenvalue weighted by atomic mass is 9.85. The van der Waals surface area contributed by atoms with Crippen LogP contribution in [0.25, 0.3) is 0 Å². The van der Waals surface area contributed by atoms with Crippen LogP contribution in [-0.4, -0.2) is 118 Å². The number of hydrogen-bond donors (Lipinski definition) is 0. The first-order valence-corrected chi connectivity index (χ1v) is 27.6. The van der Waals surface area contributed by atoms with Crippen molar-refractivity contribution in [2.75, 3.05) is 6.23 Å². The summed E-state index contributed by atoms with van der Waals surface area (Å²) < 4.78 is 317. The highest BCUT2D eigenvalue weighted by Gasteiger charge is 2.98. The Morgan fingerprint density at radius 2 is 0.724 bits per heavy atom. The number of hydrogen-bond acceptors (Lipinski definition) is 7. The van der Waals surface area contributed by atoms with Crippen molar-refractivity contribution < 1.29 is 124 Å². The molecule has 0 heterocycles. The summed E-state index contributed by atoms with van der Waals surface area (Å²) in [7, 11) is -12.0. The van der Waals surface area contributed by atoms with Crippen LogP contribution in [0.2, 0.25) is 58.9 Å². The summed E-state index contributed by atoms with van der Waals surface area (Å²) >= 11 is 0. The van der Waals surface area contributed by atoms with Gasteiger partial charge in [-0.25, -0.2) is 14.0 Å². The first-order chi connectivity index (χ1) is 24.8. The standard InChI is InChI=1S/C26H35F21O7Si4/c1-14(27)17(28,29)18(30,31)19(32,33)20(34,35)21(36,37)22(38,39)23(40,41)24(42,43)25(44,45)26(46,47)51-16(49)12-11-15(48)50-13-58(52-55(2,3)4,53-56(5,6)7)54-57(8,9)10/h11-12,14H,13H2,1-10H3. The Bertz CT molecular complexity index is 1460. The summed E-state index contributed by atoms with van der Waals surface area (Å²) in [5.41, 5.74) is 0. The van der Waals surface area contributed by atoms with Crippen LogP contribution in [0.1, 0.15) is 6.92 Å². The van der Waals surface area contributed by atoms with Gasteiger partial charge in [-0.2, -0.15) is 87.8 Å². The maximum Gasteiger partial charge on any atom is 0.509 e. The van der Waals surface area contributed by atoms with Gasteiger partial charge in [0.25, 0.3) is 0 Å². The largest absolute Gasteiger partial charge is 0.509 e. The quantitative estimate of drug-likeness (QED) is 0.0491. The molecule has 0 rings (SSSR count). The predicted octanol–water partition coefficient (Wildman–Crippen LogP) is 10.3. The van der Waals surface area contributed by atoms with Gasteiger partial charge in [-0.1, -0.05) is 0 Å². The van der Waals surface area contributed by atoms with E-state index in [1.165, 1.54) is 0 Å². The summed E-state index contributed by atoms with van der Waals surface area (Å²) in [6.07, 6.45) is -14.3. The monoisotopic (exact) mass is 970 g/mol. The zero-order chi connectivity index (χ0) is 47.4. The maximum atomic E-state index is 14.2. The van der Waals surface area contributed by atoms with Crippen molar-refractivity contribution in [3.8, 4) is 0 Å². The third kappa shape index (κ3) is 10.7. The molecule has 1 atom stereocenters. The number of halogens is 21. The molecule has 0 aromatic heterocycles. The van der Waals surface area contributed by atoms with Gasteiger partial charge in [0.1, 0.15) is 0 Å². The predicted molar refractivity (Wildman–Crippen MR) is 165 cm³/mol. The fraction of sp³-hybridized carbons (Fsp3) is 0.846. The summed E-state index contributed by atoms with van der Waals surface area (Å²) in [5, 5.41) is 0. The molecule has 0 saturated heterocycles. The lowest BCUT2D eigenvalue weighted by Crippen LogP contribution is -2.77. The molecule has 0 fully saturated rings. The van der Waals surface area contributed by atoms with Crippen molar-refractivity contribution >= 4 is 45.7 Å². The summed E-state index contributed by atoms with van der Waals surface area (Å²) in [6.45, 7) is 14.0. The minimum atomic E-state index is -9.34. The Labute approximate surface area is 319 Å². The second-order valence-corrected chi connectivity index (χ2v) is 31.8. The molecule has 0 bridgehead atoms.